The van der Waals surface area contributed by atoms with Crippen molar-refractivity contribution in [2.24, 2.45) is 0 Å². The molecule has 2 unspecified atom stereocenters. The van der Waals surface area contributed by atoms with E-state index in [0.717, 1.165) is 10.8 Å². The molecule has 2 atom stereocenters. The van der Waals surface area contributed by atoms with Gasteiger partial charge in [-0.2, -0.15) is 0 Å². The van der Waals surface area contributed by atoms with Crippen LogP contribution in [0.15, 0.2) is 60.7 Å². The number of ether oxygens (including phenoxy) is 1. The molecule has 1 heterocycles. The Kier molecular flexibility index (Phi) is 5.01. The Morgan fingerprint density at radius 3 is 2.50 bits per heavy atom. The Morgan fingerprint density at radius 2 is 1.75 bits per heavy atom. The number of halogens is 1. The first-order valence-electron chi connectivity index (χ1n) is 9.50. The summed E-state index contributed by atoms with van der Waals surface area (Å²) in [7, 11) is 0. The van der Waals surface area contributed by atoms with Gasteiger partial charge in [-0.05, 0) is 48.9 Å². The van der Waals surface area contributed by atoms with Gasteiger partial charge in [-0.25, -0.2) is 4.39 Å². The second-order valence-corrected chi connectivity index (χ2v) is 7.31. The minimum Gasteiger partial charge on any atom is -0.372 e. The average molecular weight is 378 g/mol. The number of benzene rings is 3. The number of carbonyl (C=O) groups excluding carboxylic acids is 1. The van der Waals surface area contributed by atoms with Crippen LogP contribution in [0.25, 0.3) is 10.8 Å². The Hall–Kier alpha value is -2.92. The van der Waals surface area contributed by atoms with E-state index in [0.29, 0.717) is 30.0 Å². The third kappa shape index (κ3) is 3.71. The van der Waals surface area contributed by atoms with Gasteiger partial charge in [0, 0.05) is 24.3 Å². The number of morpholine rings is 1. The largest absolute Gasteiger partial charge is 0.372 e. The number of carbonyl (C=O) groups is 1. The smallest absolute Gasteiger partial charge is 0.256 e. The Morgan fingerprint density at radius 1 is 1.04 bits per heavy atom. The normalized spacial score (nSPS) is 19.6. The lowest BCUT2D eigenvalue weighted by atomic mass is 10.0. The van der Waals surface area contributed by atoms with Gasteiger partial charge in [-0.3, -0.25) is 4.79 Å². The van der Waals surface area contributed by atoms with Crippen molar-refractivity contribution in [1.82, 2.24) is 0 Å². The summed E-state index contributed by atoms with van der Waals surface area (Å²) >= 11 is 0. The van der Waals surface area contributed by atoms with Gasteiger partial charge in [0.05, 0.1) is 17.9 Å². The zero-order valence-corrected chi connectivity index (χ0v) is 16.0. The van der Waals surface area contributed by atoms with Gasteiger partial charge < -0.3 is 15.0 Å². The molecule has 1 aliphatic rings. The topological polar surface area (TPSA) is 41.6 Å². The Balaban J connectivity index is 1.55. The summed E-state index contributed by atoms with van der Waals surface area (Å²) in [5, 5.41) is 4.68. The van der Waals surface area contributed by atoms with E-state index in [2.05, 4.69) is 5.32 Å². The lowest BCUT2D eigenvalue weighted by Crippen LogP contribution is -2.45. The van der Waals surface area contributed by atoms with E-state index in [1.807, 2.05) is 55.1 Å². The minimum absolute atomic E-state index is 0.0499. The van der Waals surface area contributed by atoms with Crippen molar-refractivity contribution in [3.05, 3.63) is 72.0 Å². The highest BCUT2D eigenvalue weighted by Crippen LogP contribution is 2.27. The monoisotopic (exact) mass is 378 g/mol. The molecule has 4 nitrogen and oxygen atoms in total. The van der Waals surface area contributed by atoms with Crippen molar-refractivity contribution >= 4 is 28.1 Å². The van der Waals surface area contributed by atoms with Crippen molar-refractivity contribution in [1.29, 1.82) is 0 Å². The fourth-order valence-electron chi connectivity index (χ4n) is 3.84. The molecule has 1 aliphatic heterocycles. The van der Waals surface area contributed by atoms with E-state index >= 15 is 0 Å². The number of anilines is 2. The number of amides is 1. The van der Waals surface area contributed by atoms with E-state index in [1.54, 1.807) is 18.2 Å². The molecule has 144 valence electrons. The number of nitrogens with zero attached hydrogens (tertiary/aromatic N) is 1. The Bertz CT molecular complexity index is 1010. The van der Waals surface area contributed by atoms with Crippen LogP contribution in [0.5, 0.6) is 0 Å². The molecule has 1 amide bonds. The minimum atomic E-state index is -0.350. The van der Waals surface area contributed by atoms with Gasteiger partial charge >= 0.3 is 0 Å². The van der Waals surface area contributed by atoms with Crippen LogP contribution in [-0.2, 0) is 4.74 Å². The van der Waals surface area contributed by atoms with E-state index < -0.39 is 0 Å². The second-order valence-electron chi connectivity index (χ2n) is 7.31. The van der Waals surface area contributed by atoms with Gasteiger partial charge in [0.25, 0.3) is 5.91 Å². The van der Waals surface area contributed by atoms with Crippen LogP contribution in [0.1, 0.15) is 24.2 Å². The maximum absolute atomic E-state index is 14.8. The van der Waals surface area contributed by atoms with Crippen LogP contribution in [0, 0.1) is 5.82 Å². The molecule has 1 fully saturated rings. The number of hydrogen-bond donors (Lipinski definition) is 1. The molecule has 0 aromatic heterocycles. The summed E-state index contributed by atoms with van der Waals surface area (Å²) in [5.74, 6) is -0.602. The molecule has 0 aliphatic carbocycles. The predicted octanol–water partition coefficient (Wildman–Crippen LogP) is 4.84. The highest BCUT2D eigenvalue weighted by Gasteiger charge is 2.24. The van der Waals surface area contributed by atoms with Gasteiger partial charge in [0.15, 0.2) is 0 Å². The quantitative estimate of drug-likeness (QED) is 0.709. The van der Waals surface area contributed by atoms with E-state index in [1.165, 1.54) is 6.07 Å². The third-order valence-corrected chi connectivity index (χ3v) is 5.00. The van der Waals surface area contributed by atoms with Crippen LogP contribution in [0.4, 0.5) is 15.8 Å². The SMILES string of the molecule is CC1CN(c2ccc(NC(=O)c3cccc4ccccc34)cc2F)CC(C)O1. The first-order chi connectivity index (χ1) is 13.5. The first kappa shape index (κ1) is 18.4. The summed E-state index contributed by atoms with van der Waals surface area (Å²) in [4.78, 5) is 14.7. The summed E-state index contributed by atoms with van der Waals surface area (Å²) in [6.07, 6.45) is 0.0998. The fourth-order valence-corrected chi connectivity index (χ4v) is 3.84. The van der Waals surface area contributed by atoms with Crippen LogP contribution in [0.2, 0.25) is 0 Å². The average Bonchev–Trinajstić information content (AvgIpc) is 2.66. The molecule has 4 rings (SSSR count). The Labute approximate surface area is 163 Å². The molecule has 3 aromatic carbocycles. The van der Waals surface area contributed by atoms with Crippen molar-refractivity contribution < 1.29 is 13.9 Å². The molecule has 3 aromatic rings. The lowest BCUT2D eigenvalue weighted by Gasteiger charge is -2.37. The fraction of sp³-hybridized carbons (Fsp3) is 0.261. The van der Waals surface area contributed by atoms with Crippen LogP contribution >= 0.6 is 0 Å². The third-order valence-electron chi connectivity index (χ3n) is 5.00. The van der Waals surface area contributed by atoms with Gasteiger partial charge in [-0.1, -0.05) is 36.4 Å². The zero-order chi connectivity index (χ0) is 19.7. The standard InChI is InChI=1S/C23H23FN2O2/c1-15-13-26(14-16(2)28-15)22-11-10-18(12-21(22)24)25-23(27)20-9-5-7-17-6-3-4-8-19(17)20/h3-12,15-16H,13-14H2,1-2H3,(H,25,27). The van der Waals surface area contributed by atoms with Crippen molar-refractivity contribution in [2.45, 2.75) is 26.1 Å². The number of nitrogens with one attached hydrogen (secondary N) is 1. The molecular formula is C23H23FN2O2. The summed E-state index contributed by atoms with van der Waals surface area (Å²) in [6, 6.07) is 18.1. The van der Waals surface area contributed by atoms with Crippen LogP contribution < -0.4 is 10.2 Å². The predicted molar refractivity (Wildman–Crippen MR) is 111 cm³/mol. The van der Waals surface area contributed by atoms with Crippen molar-refractivity contribution in [2.75, 3.05) is 23.3 Å². The molecule has 28 heavy (non-hydrogen) atoms. The molecule has 1 saturated heterocycles. The van der Waals surface area contributed by atoms with Crippen molar-refractivity contribution in [3.8, 4) is 0 Å². The molecular weight excluding hydrogens is 355 g/mol. The molecule has 5 heteroatoms. The molecule has 0 saturated carbocycles. The lowest BCUT2D eigenvalue weighted by molar-refractivity contribution is -0.00539. The first-order valence-corrected chi connectivity index (χ1v) is 9.50. The molecule has 0 spiro atoms. The number of rotatable bonds is 3. The maximum Gasteiger partial charge on any atom is 0.256 e. The van der Waals surface area contributed by atoms with Gasteiger partial charge in [0.1, 0.15) is 5.82 Å². The summed E-state index contributed by atoms with van der Waals surface area (Å²) in [6.45, 7) is 5.25. The van der Waals surface area contributed by atoms with E-state index in [4.69, 9.17) is 4.74 Å². The van der Waals surface area contributed by atoms with E-state index in [-0.39, 0.29) is 23.9 Å². The highest BCUT2D eigenvalue weighted by molar-refractivity contribution is 6.12. The molecule has 0 radical (unpaired) electrons. The second kappa shape index (κ2) is 7.60. The van der Waals surface area contributed by atoms with Crippen molar-refractivity contribution in [3.63, 3.8) is 0 Å². The van der Waals surface area contributed by atoms with Gasteiger partial charge in [-0.15, -0.1) is 0 Å². The van der Waals surface area contributed by atoms with Gasteiger partial charge in [0.2, 0.25) is 0 Å². The maximum atomic E-state index is 14.8. The summed E-state index contributed by atoms with van der Waals surface area (Å²) < 4.78 is 20.5. The zero-order valence-electron chi connectivity index (χ0n) is 16.0. The summed E-state index contributed by atoms with van der Waals surface area (Å²) in [5.41, 5.74) is 1.54. The van der Waals surface area contributed by atoms with E-state index in [9.17, 15) is 9.18 Å². The highest BCUT2D eigenvalue weighted by atomic mass is 19.1. The number of hydrogen-bond acceptors (Lipinski definition) is 3. The van der Waals surface area contributed by atoms with Crippen LogP contribution in [-0.4, -0.2) is 31.2 Å². The molecule has 0 bridgehead atoms. The van der Waals surface area contributed by atoms with Crippen LogP contribution in [0.3, 0.4) is 0 Å². The molecule has 1 N–H and O–H groups in total. The number of fused-ring (bicyclic) bond motifs is 1.